The first kappa shape index (κ1) is 12.6. The molecule has 4 N–H and O–H groups in total. The Balaban J connectivity index is 3.35. The summed E-state index contributed by atoms with van der Waals surface area (Å²) in [5.74, 6) is -2.05. The van der Waals surface area contributed by atoms with E-state index in [0.717, 1.165) is 0 Å². The van der Waals surface area contributed by atoms with Crippen LogP contribution in [-0.2, 0) is 0 Å². The zero-order valence-electron chi connectivity index (χ0n) is 8.08. The predicted octanol–water partition coefficient (Wildman–Crippen LogP) is 0.533. The lowest BCUT2D eigenvalue weighted by Gasteiger charge is -2.12. The van der Waals surface area contributed by atoms with Crippen LogP contribution in [0.4, 0.5) is 18.9 Å². The molecule has 0 saturated heterocycles. The molecule has 0 fully saturated rings. The molecule has 0 radical (unpaired) electrons. The van der Waals surface area contributed by atoms with Crippen LogP contribution >= 0.6 is 0 Å². The number of carbonyl (C=O) groups excluding carboxylic acids is 1. The fourth-order valence-electron chi connectivity index (χ4n) is 1.05. The standard InChI is InChI=1S/C8H5F3N4O2/c9-8(10,11)17-4-2-15-3(1-12)5(6(4)13)7(14)16/h2H,(H2,13,15)(H2,14,16). The van der Waals surface area contributed by atoms with Gasteiger partial charge in [0.2, 0.25) is 0 Å². The number of nitrogens with two attached hydrogens (primary N) is 2. The van der Waals surface area contributed by atoms with Gasteiger partial charge in [-0.3, -0.25) is 4.79 Å². The average Bonchev–Trinajstić information content (AvgIpc) is 2.18. The van der Waals surface area contributed by atoms with Crippen LogP contribution in [0.15, 0.2) is 6.20 Å². The maximum atomic E-state index is 11.9. The quantitative estimate of drug-likeness (QED) is 0.789. The van der Waals surface area contributed by atoms with Gasteiger partial charge in [0.05, 0.1) is 11.9 Å². The molecule has 9 heteroatoms. The van der Waals surface area contributed by atoms with Crippen molar-refractivity contribution in [2.75, 3.05) is 5.73 Å². The van der Waals surface area contributed by atoms with E-state index in [9.17, 15) is 18.0 Å². The number of amides is 1. The van der Waals surface area contributed by atoms with Crippen molar-refractivity contribution in [1.82, 2.24) is 4.98 Å². The summed E-state index contributed by atoms with van der Waals surface area (Å²) in [4.78, 5) is 14.2. The molecule has 17 heavy (non-hydrogen) atoms. The molecule has 0 unspecified atom stereocenters. The second-order valence-electron chi connectivity index (χ2n) is 2.78. The number of alkyl halides is 3. The maximum Gasteiger partial charge on any atom is 0.573 e. The number of anilines is 1. The Morgan fingerprint density at radius 3 is 2.53 bits per heavy atom. The van der Waals surface area contributed by atoms with Gasteiger partial charge < -0.3 is 16.2 Å². The monoisotopic (exact) mass is 246 g/mol. The Bertz CT molecular complexity index is 507. The number of hydrogen-bond acceptors (Lipinski definition) is 5. The van der Waals surface area contributed by atoms with Crippen LogP contribution in [0.2, 0.25) is 0 Å². The first-order valence-corrected chi connectivity index (χ1v) is 4.00. The van der Waals surface area contributed by atoms with Gasteiger partial charge in [-0.25, -0.2) is 4.98 Å². The number of primary amides is 1. The van der Waals surface area contributed by atoms with Crippen molar-refractivity contribution in [2.24, 2.45) is 5.73 Å². The van der Waals surface area contributed by atoms with E-state index in [1.165, 1.54) is 6.07 Å². The van der Waals surface area contributed by atoms with E-state index >= 15 is 0 Å². The summed E-state index contributed by atoms with van der Waals surface area (Å²) in [5.41, 5.74) is 8.38. The molecule has 0 aliphatic rings. The van der Waals surface area contributed by atoms with Crippen molar-refractivity contribution in [3.8, 4) is 11.8 Å². The van der Waals surface area contributed by atoms with Gasteiger partial charge in [0, 0.05) is 0 Å². The van der Waals surface area contributed by atoms with Crippen molar-refractivity contribution in [1.29, 1.82) is 5.26 Å². The van der Waals surface area contributed by atoms with Crippen LogP contribution in [0.1, 0.15) is 16.1 Å². The van der Waals surface area contributed by atoms with Gasteiger partial charge in [0.15, 0.2) is 11.4 Å². The lowest BCUT2D eigenvalue weighted by atomic mass is 10.1. The van der Waals surface area contributed by atoms with Gasteiger partial charge in [-0.05, 0) is 0 Å². The maximum absolute atomic E-state index is 11.9. The van der Waals surface area contributed by atoms with Crippen molar-refractivity contribution in [3.63, 3.8) is 0 Å². The summed E-state index contributed by atoms with van der Waals surface area (Å²) in [6, 6.07) is 1.48. The molecule has 1 aromatic rings. The van der Waals surface area contributed by atoms with Gasteiger partial charge in [0.1, 0.15) is 11.6 Å². The predicted molar refractivity (Wildman–Crippen MR) is 48.6 cm³/mol. The second kappa shape index (κ2) is 4.17. The molecule has 0 spiro atoms. The van der Waals surface area contributed by atoms with E-state index in [4.69, 9.17) is 16.7 Å². The van der Waals surface area contributed by atoms with Gasteiger partial charge in [-0.15, -0.1) is 13.2 Å². The van der Waals surface area contributed by atoms with E-state index in [2.05, 4.69) is 9.72 Å². The number of rotatable bonds is 2. The molecule has 1 amide bonds. The van der Waals surface area contributed by atoms with Crippen molar-refractivity contribution in [3.05, 3.63) is 17.5 Å². The van der Waals surface area contributed by atoms with Crippen LogP contribution < -0.4 is 16.2 Å². The Morgan fingerprint density at radius 1 is 1.53 bits per heavy atom. The molecular formula is C8H5F3N4O2. The minimum Gasteiger partial charge on any atom is -0.402 e. The van der Waals surface area contributed by atoms with Gasteiger partial charge in [0.25, 0.3) is 5.91 Å². The van der Waals surface area contributed by atoms with E-state index in [1.807, 2.05) is 0 Å². The van der Waals surface area contributed by atoms with Crippen LogP contribution in [0.3, 0.4) is 0 Å². The van der Waals surface area contributed by atoms with E-state index in [1.54, 1.807) is 0 Å². The average molecular weight is 246 g/mol. The molecule has 0 bridgehead atoms. The van der Waals surface area contributed by atoms with Crippen molar-refractivity contribution in [2.45, 2.75) is 6.36 Å². The summed E-state index contributed by atoms with van der Waals surface area (Å²) in [6.07, 6.45) is -4.40. The Morgan fingerprint density at radius 2 is 2.12 bits per heavy atom. The smallest absolute Gasteiger partial charge is 0.402 e. The lowest BCUT2D eigenvalue weighted by molar-refractivity contribution is -0.274. The zero-order valence-corrected chi connectivity index (χ0v) is 8.08. The minimum atomic E-state index is -4.99. The molecule has 0 atom stereocenters. The number of pyridine rings is 1. The Labute approximate surface area is 92.6 Å². The summed E-state index contributed by atoms with van der Waals surface area (Å²) in [6.45, 7) is 0. The highest BCUT2D eigenvalue weighted by Gasteiger charge is 2.33. The summed E-state index contributed by atoms with van der Waals surface area (Å²) in [7, 11) is 0. The molecule has 6 nitrogen and oxygen atoms in total. The first-order chi connectivity index (χ1) is 7.76. The molecule has 0 aromatic carbocycles. The lowest BCUT2D eigenvalue weighted by Crippen LogP contribution is -2.21. The zero-order chi connectivity index (χ0) is 13.2. The highest BCUT2D eigenvalue weighted by molar-refractivity contribution is 6.01. The van der Waals surface area contributed by atoms with Gasteiger partial charge >= 0.3 is 6.36 Å². The molecule has 90 valence electrons. The second-order valence-corrected chi connectivity index (χ2v) is 2.78. The number of ether oxygens (including phenoxy) is 1. The Hall–Kier alpha value is -2.50. The molecule has 1 heterocycles. The minimum absolute atomic E-state index is 0.468. The van der Waals surface area contributed by atoms with E-state index in [-0.39, 0.29) is 0 Å². The normalized spacial score (nSPS) is 10.7. The number of carbonyl (C=O) groups is 1. The third-order valence-electron chi connectivity index (χ3n) is 1.66. The number of halogens is 3. The van der Waals surface area contributed by atoms with Gasteiger partial charge in [-0.1, -0.05) is 0 Å². The summed E-state index contributed by atoms with van der Waals surface area (Å²) >= 11 is 0. The number of nitriles is 1. The van der Waals surface area contributed by atoms with Gasteiger partial charge in [-0.2, -0.15) is 5.26 Å². The summed E-state index contributed by atoms with van der Waals surface area (Å²) in [5, 5.41) is 8.58. The Kier molecular flexibility index (Phi) is 3.08. The van der Waals surface area contributed by atoms with Crippen LogP contribution in [-0.4, -0.2) is 17.3 Å². The molecule has 1 aromatic heterocycles. The largest absolute Gasteiger partial charge is 0.573 e. The molecule has 0 aliphatic heterocycles. The number of nitrogen functional groups attached to an aromatic ring is 1. The first-order valence-electron chi connectivity index (χ1n) is 4.00. The SMILES string of the molecule is N#Cc1ncc(OC(F)(F)F)c(N)c1C(N)=O. The van der Waals surface area contributed by atoms with E-state index in [0.29, 0.717) is 6.20 Å². The fraction of sp³-hybridized carbons (Fsp3) is 0.125. The highest BCUT2D eigenvalue weighted by atomic mass is 19.4. The number of aromatic nitrogens is 1. The van der Waals surface area contributed by atoms with Crippen LogP contribution in [0.5, 0.6) is 5.75 Å². The topological polar surface area (TPSA) is 115 Å². The molecule has 0 saturated carbocycles. The highest BCUT2D eigenvalue weighted by Crippen LogP contribution is 2.30. The summed E-state index contributed by atoms with van der Waals surface area (Å²) < 4.78 is 39.4. The number of hydrogen-bond donors (Lipinski definition) is 2. The third-order valence-corrected chi connectivity index (χ3v) is 1.66. The van der Waals surface area contributed by atoms with E-state index < -0.39 is 35.0 Å². The number of nitrogens with zero attached hydrogens (tertiary/aromatic N) is 2. The van der Waals surface area contributed by atoms with Crippen LogP contribution in [0.25, 0.3) is 0 Å². The molecule has 1 rings (SSSR count). The fourth-order valence-corrected chi connectivity index (χ4v) is 1.05. The molecule has 0 aliphatic carbocycles. The van der Waals surface area contributed by atoms with Crippen LogP contribution in [0, 0.1) is 11.3 Å². The molecular weight excluding hydrogens is 241 g/mol. The van der Waals surface area contributed by atoms with Crippen molar-refractivity contribution >= 4 is 11.6 Å². The van der Waals surface area contributed by atoms with Crippen molar-refractivity contribution < 1.29 is 22.7 Å². The third kappa shape index (κ3) is 2.75.